The quantitative estimate of drug-likeness (QED) is 0.553. The Labute approximate surface area is 139 Å². The van der Waals surface area contributed by atoms with E-state index in [2.05, 4.69) is 9.97 Å². The van der Waals surface area contributed by atoms with Crippen LogP contribution in [0.2, 0.25) is 0 Å². The van der Waals surface area contributed by atoms with Crippen molar-refractivity contribution in [2.24, 2.45) is 0 Å². The lowest BCUT2D eigenvalue weighted by Gasteiger charge is -1.98. The summed E-state index contributed by atoms with van der Waals surface area (Å²) in [5.41, 5.74) is 4.52. The van der Waals surface area contributed by atoms with Gasteiger partial charge < -0.3 is 0 Å². The van der Waals surface area contributed by atoms with Crippen LogP contribution in [-0.2, 0) is 0 Å². The standard InChI is InChI=1S/C21H15FN2/c22-18-14-8-7-13-17(18)21-23-19(15-9-3-1-4-10-15)20(24-21)16-11-5-2-6-12-16/h1-14H,(H,23,24)/p+1. The summed E-state index contributed by atoms with van der Waals surface area (Å²) in [4.78, 5) is 6.72. The van der Waals surface area contributed by atoms with Gasteiger partial charge in [0.2, 0.25) is 0 Å². The molecule has 0 saturated carbocycles. The second kappa shape index (κ2) is 6.13. The van der Waals surface area contributed by atoms with Gasteiger partial charge in [-0.05, 0) is 12.1 Å². The molecule has 0 aliphatic heterocycles. The zero-order valence-corrected chi connectivity index (χ0v) is 13.0. The van der Waals surface area contributed by atoms with Crippen molar-refractivity contribution in [1.29, 1.82) is 0 Å². The van der Waals surface area contributed by atoms with Crippen molar-refractivity contribution in [1.82, 2.24) is 4.98 Å². The normalized spacial score (nSPS) is 10.7. The lowest BCUT2D eigenvalue weighted by Crippen LogP contribution is -2.06. The van der Waals surface area contributed by atoms with Gasteiger partial charge in [-0.3, -0.25) is 0 Å². The minimum atomic E-state index is -0.255. The first kappa shape index (κ1) is 14.4. The monoisotopic (exact) mass is 315 g/mol. The molecule has 0 unspecified atom stereocenters. The van der Waals surface area contributed by atoms with Crippen molar-refractivity contribution in [3.05, 3.63) is 90.7 Å². The first-order chi connectivity index (χ1) is 11.8. The van der Waals surface area contributed by atoms with Crippen LogP contribution < -0.4 is 4.98 Å². The molecule has 0 radical (unpaired) electrons. The number of hydrogen-bond donors (Lipinski definition) is 1. The molecule has 2 nitrogen and oxygen atoms in total. The molecule has 24 heavy (non-hydrogen) atoms. The fourth-order valence-electron chi connectivity index (χ4n) is 2.85. The van der Waals surface area contributed by atoms with Crippen LogP contribution in [0.25, 0.3) is 33.9 Å². The van der Waals surface area contributed by atoms with E-state index in [0.717, 1.165) is 22.5 Å². The van der Waals surface area contributed by atoms with E-state index in [-0.39, 0.29) is 5.82 Å². The number of H-pyrrole nitrogens is 2. The molecule has 1 heterocycles. The molecule has 0 atom stereocenters. The number of benzene rings is 3. The van der Waals surface area contributed by atoms with Crippen molar-refractivity contribution < 1.29 is 9.37 Å². The fourth-order valence-corrected chi connectivity index (χ4v) is 2.85. The van der Waals surface area contributed by atoms with Gasteiger partial charge in [0.25, 0.3) is 5.82 Å². The van der Waals surface area contributed by atoms with Gasteiger partial charge in [0.15, 0.2) is 11.4 Å². The number of aromatic amines is 2. The number of halogens is 1. The van der Waals surface area contributed by atoms with Crippen LogP contribution in [-0.4, -0.2) is 4.98 Å². The summed E-state index contributed by atoms with van der Waals surface area (Å²) in [6.45, 7) is 0. The van der Waals surface area contributed by atoms with E-state index < -0.39 is 0 Å². The van der Waals surface area contributed by atoms with E-state index in [0.29, 0.717) is 11.4 Å². The topological polar surface area (TPSA) is 29.9 Å². The summed E-state index contributed by atoms with van der Waals surface area (Å²) in [5.74, 6) is 0.403. The third-order valence-corrected chi connectivity index (χ3v) is 4.02. The SMILES string of the molecule is Fc1ccccc1-c1[nH]c(-c2ccccc2)c(-c2ccccc2)[nH+]1. The predicted octanol–water partition coefficient (Wildman–Crippen LogP) is 4.97. The highest BCUT2D eigenvalue weighted by Crippen LogP contribution is 2.30. The van der Waals surface area contributed by atoms with Crippen LogP contribution >= 0.6 is 0 Å². The summed E-state index contributed by atoms with van der Waals surface area (Å²) in [7, 11) is 0. The van der Waals surface area contributed by atoms with Gasteiger partial charge in [0, 0.05) is 11.1 Å². The second-order valence-corrected chi connectivity index (χ2v) is 5.59. The molecular weight excluding hydrogens is 299 g/mol. The van der Waals surface area contributed by atoms with Gasteiger partial charge in [0.05, 0.1) is 5.56 Å². The van der Waals surface area contributed by atoms with Crippen molar-refractivity contribution in [2.75, 3.05) is 0 Å². The third kappa shape index (κ3) is 2.61. The summed E-state index contributed by atoms with van der Waals surface area (Å²) >= 11 is 0. The van der Waals surface area contributed by atoms with E-state index in [1.54, 1.807) is 12.1 Å². The zero-order chi connectivity index (χ0) is 16.4. The van der Waals surface area contributed by atoms with Gasteiger partial charge in [-0.25, -0.2) is 14.4 Å². The molecule has 4 aromatic rings. The van der Waals surface area contributed by atoms with Crippen molar-refractivity contribution in [3.8, 4) is 33.9 Å². The van der Waals surface area contributed by atoms with Gasteiger partial charge >= 0.3 is 0 Å². The largest absolute Gasteiger partial charge is 0.288 e. The van der Waals surface area contributed by atoms with Crippen molar-refractivity contribution in [2.45, 2.75) is 0 Å². The van der Waals surface area contributed by atoms with E-state index in [9.17, 15) is 4.39 Å². The van der Waals surface area contributed by atoms with Crippen molar-refractivity contribution in [3.63, 3.8) is 0 Å². The van der Waals surface area contributed by atoms with Crippen LogP contribution in [0.3, 0.4) is 0 Å². The minimum Gasteiger partial charge on any atom is -0.236 e. The lowest BCUT2D eigenvalue weighted by atomic mass is 10.1. The Morgan fingerprint density at radius 3 is 1.92 bits per heavy atom. The summed E-state index contributed by atoms with van der Waals surface area (Å²) < 4.78 is 14.2. The number of nitrogens with one attached hydrogen (secondary N) is 2. The fraction of sp³-hybridized carbons (Fsp3) is 0. The molecule has 0 spiro atoms. The molecule has 0 aliphatic rings. The van der Waals surface area contributed by atoms with Gasteiger partial charge in [-0.15, -0.1) is 0 Å². The number of imidazole rings is 1. The Hall–Kier alpha value is -3.20. The summed E-state index contributed by atoms with van der Waals surface area (Å²) in [6, 6.07) is 26.9. The third-order valence-electron chi connectivity index (χ3n) is 4.02. The maximum Gasteiger partial charge on any atom is 0.288 e. The Morgan fingerprint density at radius 2 is 1.25 bits per heavy atom. The van der Waals surface area contributed by atoms with Crippen LogP contribution in [0.5, 0.6) is 0 Å². The van der Waals surface area contributed by atoms with E-state index in [1.165, 1.54) is 6.07 Å². The highest BCUT2D eigenvalue weighted by molar-refractivity contribution is 5.77. The van der Waals surface area contributed by atoms with Crippen LogP contribution in [0, 0.1) is 5.82 Å². The molecule has 3 heteroatoms. The molecule has 0 fully saturated rings. The zero-order valence-electron chi connectivity index (χ0n) is 13.0. The molecule has 2 N–H and O–H groups in total. The predicted molar refractivity (Wildman–Crippen MR) is 93.6 cm³/mol. The highest BCUT2D eigenvalue weighted by Gasteiger charge is 2.22. The average Bonchev–Trinajstić information content (AvgIpc) is 3.09. The van der Waals surface area contributed by atoms with Gasteiger partial charge in [0.1, 0.15) is 5.82 Å². The molecule has 1 aromatic heterocycles. The van der Waals surface area contributed by atoms with E-state index in [4.69, 9.17) is 0 Å². The maximum absolute atomic E-state index is 14.2. The maximum atomic E-state index is 14.2. The van der Waals surface area contributed by atoms with E-state index in [1.807, 2.05) is 66.7 Å². The number of rotatable bonds is 3. The smallest absolute Gasteiger partial charge is 0.236 e. The number of aromatic nitrogens is 2. The lowest BCUT2D eigenvalue weighted by molar-refractivity contribution is -0.349. The Kier molecular flexibility index (Phi) is 3.67. The molecule has 0 bridgehead atoms. The first-order valence-electron chi connectivity index (χ1n) is 7.84. The summed E-state index contributed by atoms with van der Waals surface area (Å²) in [6.07, 6.45) is 0. The highest BCUT2D eigenvalue weighted by atomic mass is 19.1. The van der Waals surface area contributed by atoms with Crippen LogP contribution in [0.15, 0.2) is 84.9 Å². The van der Waals surface area contributed by atoms with Gasteiger partial charge in [-0.1, -0.05) is 72.8 Å². The first-order valence-corrected chi connectivity index (χ1v) is 7.84. The second-order valence-electron chi connectivity index (χ2n) is 5.59. The molecule has 116 valence electrons. The van der Waals surface area contributed by atoms with Crippen LogP contribution in [0.1, 0.15) is 0 Å². The molecule has 0 saturated heterocycles. The number of hydrogen-bond acceptors (Lipinski definition) is 0. The Bertz CT molecular complexity index is 903. The molecule has 0 aliphatic carbocycles. The molecule has 3 aromatic carbocycles. The molecule has 4 rings (SSSR count). The van der Waals surface area contributed by atoms with E-state index >= 15 is 0 Å². The summed E-state index contributed by atoms with van der Waals surface area (Å²) in [5, 5.41) is 0. The average molecular weight is 315 g/mol. The van der Waals surface area contributed by atoms with Crippen LogP contribution in [0.4, 0.5) is 4.39 Å². The van der Waals surface area contributed by atoms with Crippen molar-refractivity contribution >= 4 is 0 Å². The molecular formula is C21H16FN2+. The minimum absolute atomic E-state index is 0.255. The molecule has 0 amide bonds. The Morgan fingerprint density at radius 1 is 0.667 bits per heavy atom. The Balaban J connectivity index is 1.94. The van der Waals surface area contributed by atoms with Gasteiger partial charge in [-0.2, -0.15) is 0 Å².